The maximum atomic E-state index is 13.1. The molecule has 28 heavy (non-hydrogen) atoms. The van der Waals surface area contributed by atoms with Crippen molar-refractivity contribution in [1.82, 2.24) is 4.31 Å². The summed E-state index contributed by atoms with van der Waals surface area (Å²) in [4.78, 5) is 0. The maximum Gasteiger partial charge on any atom is 0.214 e. The molecule has 0 aliphatic carbocycles. The molecule has 0 radical (unpaired) electrons. The quantitative estimate of drug-likeness (QED) is 0.463. The summed E-state index contributed by atoms with van der Waals surface area (Å²) < 4.78 is 40.0. The van der Waals surface area contributed by atoms with Crippen LogP contribution in [0.15, 0.2) is 18.2 Å². The van der Waals surface area contributed by atoms with E-state index < -0.39 is 15.6 Å². The Bertz CT molecular complexity index is 730. The van der Waals surface area contributed by atoms with Gasteiger partial charge in [0, 0.05) is 18.5 Å². The second kappa shape index (κ2) is 9.97. The minimum absolute atomic E-state index is 0.177. The van der Waals surface area contributed by atoms with Gasteiger partial charge in [-0.15, -0.1) is 0 Å². The second-order valence-electron chi connectivity index (χ2n) is 8.26. The van der Waals surface area contributed by atoms with Crippen molar-refractivity contribution in [2.45, 2.75) is 84.8 Å². The molecular weight excluding hydrogens is 374 g/mol. The highest BCUT2D eigenvalue weighted by molar-refractivity contribution is 7.89. The zero-order valence-electron chi connectivity index (χ0n) is 18.2. The van der Waals surface area contributed by atoms with E-state index in [1.54, 1.807) is 4.31 Å². The summed E-state index contributed by atoms with van der Waals surface area (Å²) in [6, 6.07) is 5.60. The standard InChI is InChI=1S/C22H37NO4S/c1-6-9-13-23(28(24,25)15-8-3)20-17-22(4,5)27-21-12-11-18(16-19(20)21)26-14-10-7-2/h11-12,16,20H,6-10,13-15,17H2,1-5H3. The minimum atomic E-state index is -3.33. The van der Waals surface area contributed by atoms with Gasteiger partial charge in [-0.05, 0) is 51.3 Å². The average molecular weight is 412 g/mol. The Hall–Kier alpha value is -1.27. The molecule has 1 aromatic carbocycles. The first-order valence-electron chi connectivity index (χ1n) is 10.7. The molecule has 160 valence electrons. The minimum Gasteiger partial charge on any atom is -0.494 e. The molecule has 1 aliphatic heterocycles. The average Bonchev–Trinajstić information content (AvgIpc) is 2.61. The molecule has 0 spiro atoms. The fourth-order valence-electron chi connectivity index (χ4n) is 3.65. The third kappa shape index (κ3) is 5.86. The van der Waals surface area contributed by atoms with Crippen LogP contribution in [0.5, 0.6) is 11.5 Å². The Morgan fingerprint density at radius 2 is 1.86 bits per heavy atom. The van der Waals surface area contributed by atoms with Gasteiger partial charge in [0.05, 0.1) is 18.4 Å². The highest BCUT2D eigenvalue weighted by Gasteiger charge is 2.40. The monoisotopic (exact) mass is 411 g/mol. The van der Waals surface area contributed by atoms with Crippen molar-refractivity contribution in [3.8, 4) is 11.5 Å². The van der Waals surface area contributed by atoms with Crippen LogP contribution in [0.4, 0.5) is 0 Å². The van der Waals surface area contributed by atoms with Gasteiger partial charge in [0.1, 0.15) is 17.1 Å². The van der Waals surface area contributed by atoms with Crippen molar-refractivity contribution in [3.63, 3.8) is 0 Å². The van der Waals surface area contributed by atoms with Gasteiger partial charge >= 0.3 is 0 Å². The van der Waals surface area contributed by atoms with Crippen molar-refractivity contribution in [2.75, 3.05) is 18.9 Å². The van der Waals surface area contributed by atoms with E-state index in [0.29, 0.717) is 26.0 Å². The number of nitrogens with zero attached hydrogens (tertiary/aromatic N) is 1. The van der Waals surface area contributed by atoms with Crippen LogP contribution in [-0.4, -0.2) is 37.2 Å². The van der Waals surface area contributed by atoms with E-state index in [1.165, 1.54) is 0 Å². The molecular formula is C22H37NO4S. The van der Waals surface area contributed by atoms with Crippen molar-refractivity contribution < 1.29 is 17.9 Å². The lowest BCUT2D eigenvalue weighted by atomic mass is 9.89. The zero-order chi connectivity index (χ0) is 20.8. The van der Waals surface area contributed by atoms with Gasteiger partial charge in [0.2, 0.25) is 10.0 Å². The number of ether oxygens (including phenoxy) is 2. The van der Waals surface area contributed by atoms with Gasteiger partial charge < -0.3 is 9.47 Å². The van der Waals surface area contributed by atoms with E-state index in [9.17, 15) is 8.42 Å². The van der Waals surface area contributed by atoms with Gasteiger partial charge in [-0.25, -0.2) is 8.42 Å². The zero-order valence-corrected chi connectivity index (χ0v) is 19.0. The van der Waals surface area contributed by atoms with E-state index >= 15 is 0 Å². The molecule has 0 aromatic heterocycles. The molecule has 2 rings (SSSR count). The Labute approximate surface area is 171 Å². The number of sulfonamides is 1. The molecule has 0 N–H and O–H groups in total. The summed E-state index contributed by atoms with van der Waals surface area (Å²) in [7, 11) is -3.33. The van der Waals surface area contributed by atoms with E-state index in [0.717, 1.165) is 42.7 Å². The van der Waals surface area contributed by atoms with Gasteiger partial charge in [0.25, 0.3) is 0 Å². The largest absolute Gasteiger partial charge is 0.494 e. The lowest BCUT2D eigenvalue weighted by Gasteiger charge is -2.42. The van der Waals surface area contributed by atoms with Crippen LogP contribution < -0.4 is 9.47 Å². The van der Waals surface area contributed by atoms with Crippen LogP contribution in [0.2, 0.25) is 0 Å². The number of fused-ring (bicyclic) bond motifs is 1. The van der Waals surface area contributed by atoms with Gasteiger partial charge in [0.15, 0.2) is 0 Å². The summed E-state index contributed by atoms with van der Waals surface area (Å²) in [5, 5.41) is 0. The maximum absolute atomic E-state index is 13.1. The first-order valence-corrected chi connectivity index (χ1v) is 12.3. The third-order valence-electron chi connectivity index (χ3n) is 5.08. The molecule has 0 bridgehead atoms. The Balaban J connectivity index is 2.44. The molecule has 1 aliphatic rings. The molecule has 0 fully saturated rings. The predicted octanol–water partition coefficient (Wildman–Crippen LogP) is 5.31. The number of benzene rings is 1. The summed E-state index contributed by atoms with van der Waals surface area (Å²) in [6.07, 6.45) is 5.12. The number of hydrogen-bond donors (Lipinski definition) is 0. The number of hydrogen-bond acceptors (Lipinski definition) is 4. The first kappa shape index (κ1) is 23.0. The van der Waals surface area contributed by atoms with Crippen LogP contribution >= 0.6 is 0 Å². The van der Waals surface area contributed by atoms with Crippen molar-refractivity contribution >= 4 is 10.0 Å². The molecule has 5 nitrogen and oxygen atoms in total. The summed E-state index contributed by atoms with van der Waals surface area (Å²) in [5.41, 5.74) is 0.498. The number of rotatable bonds is 11. The lowest BCUT2D eigenvalue weighted by Crippen LogP contribution is -2.44. The van der Waals surface area contributed by atoms with Crippen molar-refractivity contribution in [1.29, 1.82) is 0 Å². The van der Waals surface area contributed by atoms with E-state index in [4.69, 9.17) is 9.47 Å². The third-order valence-corrected chi connectivity index (χ3v) is 7.15. The Morgan fingerprint density at radius 1 is 1.14 bits per heavy atom. The molecule has 1 heterocycles. The van der Waals surface area contributed by atoms with Gasteiger partial charge in [-0.2, -0.15) is 4.31 Å². The SMILES string of the molecule is CCCCOc1ccc2c(c1)C(N(CCCC)S(=O)(=O)CCC)CC(C)(C)O2. The Kier molecular flexibility index (Phi) is 8.19. The van der Waals surface area contributed by atoms with Crippen LogP contribution in [0.3, 0.4) is 0 Å². The van der Waals surface area contributed by atoms with E-state index in [2.05, 4.69) is 13.8 Å². The van der Waals surface area contributed by atoms with Crippen molar-refractivity contribution in [3.05, 3.63) is 23.8 Å². The molecule has 0 saturated heterocycles. The topological polar surface area (TPSA) is 55.8 Å². The highest BCUT2D eigenvalue weighted by atomic mass is 32.2. The van der Waals surface area contributed by atoms with Crippen LogP contribution in [-0.2, 0) is 10.0 Å². The highest BCUT2D eigenvalue weighted by Crippen LogP contribution is 2.45. The summed E-state index contributed by atoms with van der Waals surface area (Å²) >= 11 is 0. The molecule has 1 atom stereocenters. The Morgan fingerprint density at radius 3 is 2.50 bits per heavy atom. The normalized spacial score (nSPS) is 18.6. The summed E-state index contributed by atoms with van der Waals surface area (Å²) in [5.74, 6) is 1.72. The fourth-order valence-corrected chi connectivity index (χ4v) is 5.39. The molecule has 0 saturated carbocycles. The van der Waals surface area contributed by atoms with Crippen molar-refractivity contribution in [2.24, 2.45) is 0 Å². The predicted molar refractivity (Wildman–Crippen MR) is 115 cm³/mol. The number of unbranched alkanes of at least 4 members (excludes halogenated alkanes) is 2. The smallest absolute Gasteiger partial charge is 0.214 e. The molecule has 0 amide bonds. The molecule has 6 heteroatoms. The molecule has 1 unspecified atom stereocenters. The van der Waals surface area contributed by atoms with Crippen LogP contribution in [0.25, 0.3) is 0 Å². The van der Waals surface area contributed by atoms with E-state index in [-0.39, 0.29) is 11.8 Å². The van der Waals surface area contributed by atoms with Gasteiger partial charge in [-0.1, -0.05) is 33.6 Å². The molecule has 1 aromatic rings. The second-order valence-corrected chi connectivity index (χ2v) is 10.3. The first-order chi connectivity index (χ1) is 13.2. The lowest BCUT2D eigenvalue weighted by molar-refractivity contribution is 0.0498. The van der Waals surface area contributed by atoms with Crippen LogP contribution in [0.1, 0.15) is 84.7 Å². The van der Waals surface area contributed by atoms with Gasteiger partial charge in [-0.3, -0.25) is 0 Å². The fraction of sp³-hybridized carbons (Fsp3) is 0.727. The van der Waals surface area contributed by atoms with Crippen LogP contribution in [0, 0.1) is 0 Å². The van der Waals surface area contributed by atoms with E-state index in [1.807, 2.05) is 39.0 Å². The summed E-state index contributed by atoms with van der Waals surface area (Å²) in [6.45, 7) is 11.4.